The molecule has 3 amide bonds. The number of fused-ring (bicyclic) bond motifs is 3. The zero-order valence-corrected chi connectivity index (χ0v) is 32.9. The van der Waals surface area contributed by atoms with Crippen molar-refractivity contribution in [3.8, 4) is 16.9 Å². The number of esters is 1. The molecule has 0 bridgehead atoms. The molecule has 11 nitrogen and oxygen atoms in total. The number of allylic oxidation sites excluding steroid dienone is 2. The molecular formula is C47H53N3O8. The topological polar surface area (TPSA) is 152 Å². The first kappa shape index (κ1) is 42.9. The summed E-state index contributed by atoms with van der Waals surface area (Å²) in [7, 11) is 0. The maximum absolute atomic E-state index is 13.7. The average molecular weight is 788 g/mol. The fourth-order valence-corrected chi connectivity index (χ4v) is 6.90. The van der Waals surface area contributed by atoms with Crippen LogP contribution >= 0.6 is 0 Å². The Labute approximate surface area is 340 Å². The number of hydrogen-bond donors (Lipinski definition) is 4. The SMILES string of the molecule is C=CCC[C@H](NC(=O)OCC1c2ccccc2-c2ccccc21)C(=O)OC[C@H](Cc1ccc(OCc2ccccc2)cc1)NC(=O)[C@H](CC=C)CC(=O)N[C@H](C)CO. The van der Waals surface area contributed by atoms with Gasteiger partial charge in [-0.15, -0.1) is 13.2 Å². The minimum absolute atomic E-state index is 0.0795. The molecule has 0 aromatic heterocycles. The van der Waals surface area contributed by atoms with Crippen LogP contribution in [0.15, 0.2) is 128 Å². The first-order chi connectivity index (χ1) is 28.2. The minimum Gasteiger partial charge on any atom is -0.489 e. The van der Waals surface area contributed by atoms with Gasteiger partial charge in [-0.25, -0.2) is 9.59 Å². The second-order valence-corrected chi connectivity index (χ2v) is 14.4. The van der Waals surface area contributed by atoms with Gasteiger partial charge >= 0.3 is 12.1 Å². The van der Waals surface area contributed by atoms with E-state index in [-0.39, 0.29) is 57.3 Å². The Hall–Kier alpha value is -6.20. The van der Waals surface area contributed by atoms with Gasteiger partial charge in [0.1, 0.15) is 31.6 Å². The van der Waals surface area contributed by atoms with Crippen LogP contribution in [0.4, 0.5) is 4.79 Å². The number of hydrogen-bond acceptors (Lipinski definition) is 8. The molecule has 304 valence electrons. The summed E-state index contributed by atoms with van der Waals surface area (Å²) in [6.07, 6.45) is 3.47. The van der Waals surface area contributed by atoms with Crippen molar-refractivity contribution in [1.82, 2.24) is 16.0 Å². The summed E-state index contributed by atoms with van der Waals surface area (Å²) in [4.78, 5) is 53.2. The lowest BCUT2D eigenvalue weighted by Gasteiger charge is -2.24. The molecule has 0 saturated carbocycles. The summed E-state index contributed by atoms with van der Waals surface area (Å²) in [6, 6.07) is 31.0. The van der Waals surface area contributed by atoms with Crippen molar-refractivity contribution >= 4 is 23.9 Å². The Morgan fingerprint density at radius 1 is 0.776 bits per heavy atom. The Bertz CT molecular complexity index is 1960. The number of amides is 3. The van der Waals surface area contributed by atoms with Crippen LogP contribution in [0.3, 0.4) is 0 Å². The third-order valence-electron chi connectivity index (χ3n) is 9.94. The van der Waals surface area contributed by atoms with Gasteiger partial charge in [-0.3, -0.25) is 9.59 Å². The van der Waals surface area contributed by atoms with Gasteiger partial charge in [0.15, 0.2) is 0 Å². The molecule has 4 N–H and O–H groups in total. The second kappa shape index (κ2) is 21.9. The first-order valence-electron chi connectivity index (χ1n) is 19.6. The molecule has 0 unspecified atom stereocenters. The fraction of sp³-hybridized carbons (Fsp3) is 0.319. The molecule has 1 aliphatic rings. The van der Waals surface area contributed by atoms with Crippen molar-refractivity contribution in [2.45, 2.75) is 69.7 Å². The summed E-state index contributed by atoms with van der Waals surface area (Å²) >= 11 is 0. The monoisotopic (exact) mass is 787 g/mol. The van der Waals surface area contributed by atoms with Gasteiger partial charge in [-0.2, -0.15) is 0 Å². The predicted octanol–water partition coefficient (Wildman–Crippen LogP) is 6.79. The van der Waals surface area contributed by atoms with E-state index in [4.69, 9.17) is 14.2 Å². The van der Waals surface area contributed by atoms with Crippen molar-refractivity contribution in [2.24, 2.45) is 5.92 Å². The predicted molar refractivity (Wildman–Crippen MR) is 223 cm³/mol. The second-order valence-electron chi connectivity index (χ2n) is 14.4. The van der Waals surface area contributed by atoms with E-state index in [9.17, 15) is 24.3 Å². The number of ether oxygens (including phenoxy) is 3. The smallest absolute Gasteiger partial charge is 0.407 e. The maximum Gasteiger partial charge on any atom is 0.407 e. The van der Waals surface area contributed by atoms with E-state index in [1.807, 2.05) is 91.0 Å². The van der Waals surface area contributed by atoms with E-state index in [0.29, 0.717) is 18.8 Å². The van der Waals surface area contributed by atoms with E-state index in [1.165, 1.54) is 0 Å². The van der Waals surface area contributed by atoms with Gasteiger partial charge < -0.3 is 35.3 Å². The molecule has 0 spiro atoms. The molecule has 0 fully saturated rings. The number of aliphatic hydroxyl groups is 1. The van der Waals surface area contributed by atoms with E-state index in [2.05, 4.69) is 41.2 Å². The largest absolute Gasteiger partial charge is 0.489 e. The van der Waals surface area contributed by atoms with Crippen molar-refractivity contribution < 1.29 is 38.5 Å². The molecule has 0 radical (unpaired) electrons. The summed E-state index contributed by atoms with van der Waals surface area (Å²) in [5.74, 6) is -1.75. The van der Waals surface area contributed by atoms with Crippen molar-refractivity contribution in [3.05, 3.63) is 151 Å². The molecule has 0 aliphatic heterocycles. The molecule has 0 heterocycles. The molecule has 11 heteroatoms. The summed E-state index contributed by atoms with van der Waals surface area (Å²) in [5, 5.41) is 17.7. The van der Waals surface area contributed by atoms with Gasteiger partial charge in [0.25, 0.3) is 0 Å². The van der Waals surface area contributed by atoms with E-state index in [1.54, 1.807) is 19.1 Å². The molecule has 0 saturated heterocycles. The molecule has 4 aromatic carbocycles. The maximum atomic E-state index is 13.7. The number of alkyl carbamates (subject to hydrolysis) is 1. The van der Waals surface area contributed by atoms with E-state index in [0.717, 1.165) is 33.4 Å². The van der Waals surface area contributed by atoms with Crippen LogP contribution in [0.1, 0.15) is 60.8 Å². The van der Waals surface area contributed by atoms with Crippen molar-refractivity contribution in [3.63, 3.8) is 0 Å². The van der Waals surface area contributed by atoms with Crippen molar-refractivity contribution in [2.75, 3.05) is 19.8 Å². The highest BCUT2D eigenvalue weighted by molar-refractivity contribution is 5.86. The number of nitrogens with one attached hydrogen (secondary N) is 3. The summed E-state index contributed by atoms with van der Waals surface area (Å²) < 4.78 is 17.5. The number of carbonyl (C=O) groups excluding carboxylic acids is 4. The zero-order valence-electron chi connectivity index (χ0n) is 32.9. The van der Waals surface area contributed by atoms with E-state index >= 15 is 0 Å². The van der Waals surface area contributed by atoms with Crippen LogP contribution in [-0.2, 0) is 36.9 Å². The third-order valence-corrected chi connectivity index (χ3v) is 9.94. The van der Waals surface area contributed by atoms with Gasteiger partial charge in [-0.05, 0) is 78.1 Å². The lowest BCUT2D eigenvalue weighted by Crippen LogP contribution is -2.47. The lowest BCUT2D eigenvalue weighted by atomic mass is 9.98. The van der Waals surface area contributed by atoms with E-state index < -0.39 is 42.0 Å². The highest BCUT2D eigenvalue weighted by Gasteiger charge is 2.31. The van der Waals surface area contributed by atoms with Gasteiger partial charge in [0, 0.05) is 18.4 Å². The summed E-state index contributed by atoms with van der Waals surface area (Å²) in [6.45, 7) is 9.20. The number of rotatable bonds is 22. The van der Waals surface area contributed by atoms with Crippen molar-refractivity contribution in [1.29, 1.82) is 0 Å². The molecule has 58 heavy (non-hydrogen) atoms. The molecule has 4 atom stereocenters. The summed E-state index contributed by atoms with van der Waals surface area (Å²) in [5.41, 5.74) is 6.20. The normalized spacial score (nSPS) is 13.7. The minimum atomic E-state index is -1.04. The number of benzene rings is 4. The Balaban J connectivity index is 1.24. The van der Waals surface area contributed by atoms with Crippen LogP contribution < -0.4 is 20.7 Å². The first-order valence-corrected chi connectivity index (χ1v) is 19.6. The Morgan fingerprint density at radius 2 is 1.43 bits per heavy atom. The van der Waals surface area contributed by atoms with Crippen LogP contribution in [0, 0.1) is 5.92 Å². The highest BCUT2D eigenvalue weighted by atomic mass is 16.6. The van der Waals surface area contributed by atoms with Crippen LogP contribution in [0.2, 0.25) is 0 Å². The molecule has 1 aliphatic carbocycles. The number of aliphatic hydroxyl groups excluding tert-OH is 1. The molecule has 5 rings (SSSR count). The third kappa shape index (κ3) is 12.4. The average Bonchev–Trinajstić information content (AvgIpc) is 3.56. The van der Waals surface area contributed by atoms with Gasteiger partial charge in [0.2, 0.25) is 11.8 Å². The van der Waals surface area contributed by atoms with Crippen LogP contribution in [-0.4, -0.2) is 66.9 Å². The lowest BCUT2D eigenvalue weighted by molar-refractivity contribution is -0.147. The standard InChI is InChI=1S/C47H53N3O8/c1-4-6-21-43(50-47(55)58-31-42-40-19-12-10-17-38(40)39-18-11-13-20-41(39)42)46(54)57-30-36(49-45(53)35(14-5-2)27-44(52)48-32(3)28-51)26-33-22-24-37(25-23-33)56-29-34-15-8-7-9-16-34/h4-5,7-13,15-20,22-25,32,35-36,42-43,51H,1-2,6,14,21,26-31H2,3H3,(H,48,52)(H,49,53)(H,50,55)/t32-,35-,36+,43+/m1/s1. The quantitative estimate of drug-likeness (QED) is 0.0502. The van der Waals surface area contributed by atoms with Crippen LogP contribution in [0.25, 0.3) is 11.1 Å². The fourth-order valence-electron chi connectivity index (χ4n) is 6.90. The van der Waals surface area contributed by atoms with Crippen LogP contribution in [0.5, 0.6) is 5.75 Å². The van der Waals surface area contributed by atoms with Gasteiger partial charge in [0.05, 0.1) is 18.6 Å². The molecule has 4 aromatic rings. The highest BCUT2D eigenvalue weighted by Crippen LogP contribution is 2.44. The Kier molecular flexibility index (Phi) is 16.2. The zero-order chi connectivity index (χ0) is 41.3. The molecular weight excluding hydrogens is 735 g/mol. The Morgan fingerprint density at radius 3 is 2.07 bits per heavy atom. The van der Waals surface area contributed by atoms with Gasteiger partial charge in [-0.1, -0.05) is 103 Å². The number of carbonyl (C=O) groups is 4.